The van der Waals surface area contributed by atoms with Gasteiger partial charge in [0.25, 0.3) is 0 Å². The van der Waals surface area contributed by atoms with Gasteiger partial charge in [0.15, 0.2) is 6.10 Å². The number of carboxylic acids is 1. The van der Waals surface area contributed by atoms with Gasteiger partial charge in [0.05, 0.1) is 12.0 Å². The average Bonchev–Trinajstić information content (AvgIpc) is 2.67. The summed E-state index contributed by atoms with van der Waals surface area (Å²) in [4.78, 5) is 23.6. The van der Waals surface area contributed by atoms with Crippen LogP contribution in [0.5, 0.6) is 0 Å². The summed E-state index contributed by atoms with van der Waals surface area (Å²) in [5.74, 6) is -1.43. The zero-order chi connectivity index (χ0) is 18.4. The molecule has 0 aromatic heterocycles. The Bertz CT molecular complexity index is 849. The highest BCUT2D eigenvalue weighted by Crippen LogP contribution is 2.27. The van der Waals surface area contributed by atoms with Crippen molar-refractivity contribution in [2.45, 2.75) is 12.5 Å². The Morgan fingerprint density at radius 3 is 1.92 bits per heavy atom. The van der Waals surface area contributed by atoms with Gasteiger partial charge in [-0.05, 0) is 28.8 Å². The molecule has 0 radical (unpaired) electrons. The molecule has 0 bridgehead atoms. The van der Waals surface area contributed by atoms with Crippen LogP contribution in [0.1, 0.15) is 33.2 Å². The van der Waals surface area contributed by atoms with Gasteiger partial charge in [-0.15, -0.1) is 0 Å². The molecule has 0 aliphatic carbocycles. The molecule has 0 spiro atoms. The lowest BCUT2D eigenvalue weighted by molar-refractivity contribution is -0.136. The molecular formula is C22H18O4. The second-order valence-corrected chi connectivity index (χ2v) is 5.88. The van der Waals surface area contributed by atoms with Gasteiger partial charge in [0.2, 0.25) is 0 Å². The fraction of sp³-hybridized carbons (Fsp3) is 0.0909. The summed E-state index contributed by atoms with van der Waals surface area (Å²) in [6.45, 7) is 0. The lowest BCUT2D eigenvalue weighted by atomic mass is 10.0. The molecule has 3 aromatic carbocycles. The highest BCUT2D eigenvalue weighted by Gasteiger charge is 2.20. The van der Waals surface area contributed by atoms with Crippen LogP contribution >= 0.6 is 0 Å². The van der Waals surface area contributed by atoms with E-state index < -0.39 is 18.0 Å². The molecule has 0 fully saturated rings. The monoisotopic (exact) mass is 346 g/mol. The molecule has 0 atom stereocenters. The summed E-state index contributed by atoms with van der Waals surface area (Å²) in [6.07, 6.45) is -0.671. The summed E-state index contributed by atoms with van der Waals surface area (Å²) in [5.41, 5.74) is 2.63. The van der Waals surface area contributed by atoms with Crippen molar-refractivity contribution >= 4 is 11.9 Å². The van der Waals surface area contributed by atoms with Crippen LogP contribution in [0.4, 0.5) is 0 Å². The minimum Gasteiger partial charge on any atom is -0.481 e. The molecule has 0 aliphatic heterocycles. The molecule has 0 heterocycles. The third-order valence-corrected chi connectivity index (χ3v) is 3.95. The SMILES string of the molecule is O=C(O)Cc1cccc(C(=O)OC(c2ccccc2)c2ccccc2)c1. The van der Waals surface area contributed by atoms with E-state index >= 15 is 0 Å². The number of carbonyl (C=O) groups is 2. The van der Waals surface area contributed by atoms with Crippen molar-refractivity contribution in [2.24, 2.45) is 0 Å². The van der Waals surface area contributed by atoms with Crippen LogP contribution in [-0.4, -0.2) is 17.0 Å². The van der Waals surface area contributed by atoms with Crippen molar-refractivity contribution in [3.63, 3.8) is 0 Å². The van der Waals surface area contributed by atoms with Crippen LogP contribution in [0.3, 0.4) is 0 Å². The molecule has 4 heteroatoms. The average molecular weight is 346 g/mol. The number of ether oxygens (including phenoxy) is 1. The van der Waals surface area contributed by atoms with Crippen molar-refractivity contribution in [2.75, 3.05) is 0 Å². The Morgan fingerprint density at radius 2 is 1.38 bits per heavy atom. The first-order chi connectivity index (χ1) is 12.6. The maximum absolute atomic E-state index is 12.7. The zero-order valence-electron chi connectivity index (χ0n) is 14.0. The Balaban J connectivity index is 1.88. The maximum atomic E-state index is 12.7. The van der Waals surface area contributed by atoms with Gasteiger partial charge in [-0.3, -0.25) is 4.79 Å². The highest BCUT2D eigenvalue weighted by molar-refractivity contribution is 5.90. The molecular weight excluding hydrogens is 328 g/mol. The number of rotatable bonds is 6. The number of aliphatic carboxylic acids is 1. The quantitative estimate of drug-likeness (QED) is 0.677. The fourth-order valence-corrected chi connectivity index (χ4v) is 2.74. The van der Waals surface area contributed by atoms with E-state index in [0.717, 1.165) is 11.1 Å². The minimum atomic E-state index is -0.943. The third kappa shape index (κ3) is 4.36. The van der Waals surface area contributed by atoms with E-state index in [1.54, 1.807) is 24.3 Å². The molecule has 0 saturated heterocycles. The van der Waals surface area contributed by atoms with Crippen LogP contribution in [0, 0.1) is 0 Å². The lowest BCUT2D eigenvalue weighted by Crippen LogP contribution is -2.13. The summed E-state index contributed by atoms with van der Waals surface area (Å²) >= 11 is 0. The fourth-order valence-electron chi connectivity index (χ4n) is 2.74. The second-order valence-electron chi connectivity index (χ2n) is 5.88. The summed E-state index contributed by atoms with van der Waals surface area (Å²) in [5, 5.41) is 8.92. The molecule has 1 N–H and O–H groups in total. The summed E-state index contributed by atoms with van der Waals surface area (Å²) in [7, 11) is 0. The number of esters is 1. The molecule has 0 amide bonds. The molecule has 26 heavy (non-hydrogen) atoms. The van der Waals surface area contributed by atoms with E-state index in [-0.39, 0.29) is 6.42 Å². The Morgan fingerprint density at radius 1 is 0.808 bits per heavy atom. The second kappa shape index (κ2) is 8.12. The van der Waals surface area contributed by atoms with E-state index in [4.69, 9.17) is 9.84 Å². The van der Waals surface area contributed by atoms with Gasteiger partial charge in [-0.2, -0.15) is 0 Å². The molecule has 4 nitrogen and oxygen atoms in total. The van der Waals surface area contributed by atoms with Gasteiger partial charge in [0, 0.05) is 0 Å². The van der Waals surface area contributed by atoms with Gasteiger partial charge < -0.3 is 9.84 Å². The molecule has 0 aliphatic rings. The maximum Gasteiger partial charge on any atom is 0.339 e. The van der Waals surface area contributed by atoms with Crippen molar-refractivity contribution in [3.05, 3.63) is 107 Å². The van der Waals surface area contributed by atoms with Crippen LogP contribution in [0.2, 0.25) is 0 Å². The van der Waals surface area contributed by atoms with Crippen LogP contribution in [0.15, 0.2) is 84.9 Å². The Hall–Kier alpha value is -3.40. The predicted octanol–water partition coefficient (Wildman–Crippen LogP) is 4.26. The number of benzene rings is 3. The molecule has 0 unspecified atom stereocenters. The summed E-state index contributed by atoms with van der Waals surface area (Å²) < 4.78 is 5.78. The first kappa shape index (κ1) is 17.4. The van der Waals surface area contributed by atoms with Crippen molar-refractivity contribution in [1.82, 2.24) is 0 Å². The van der Waals surface area contributed by atoms with E-state index in [2.05, 4.69) is 0 Å². The van der Waals surface area contributed by atoms with E-state index in [1.807, 2.05) is 60.7 Å². The van der Waals surface area contributed by atoms with Gasteiger partial charge in [0.1, 0.15) is 0 Å². The van der Waals surface area contributed by atoms with Crippen LogP contribution in [0.25, 0.3) is 0 Å². The Kier molecular flexibility index (Phi) is 5.44. The summed E-state index contributed by atoms with van der Waals surface area (Å²) in [6, 6.07) is 25.6. The standard InChI is InChI=1S/C22H18O4/c23-20(24)15-16-8-7-13-19(14-16)22(25)26-21(17-9-3-1-4-10-17)18-11-5-2-6-12-18/h1-14,21H,15H2,(H,23,24). The van der Waals surface area contributed by atoms with E-state index in [0.29, 0.717) is 11.1 Å². The smallest absolute Gasteiger partial charge is 0.339 e. The number of hydrogen-bond acceptors (Lipinski definition) is 3. The van der Waals surface area contributed by atoms with E-state index in [9.17, 15) is 9.59 Å². The minimum absolute atomic E-state index is 0.137. The molecule has 130 valence electrons. The Labute approximate surface area is 151 Å². The van der Waals surface area contributed by atoms with Gasteiger partial charge in [-0.25, -0.2) is 4.79 Å². The van der Waals surface area contributed by atoms with Crippen molar-refractivity contribution in [1.29, 1.82) is 0 Å². The van der Waals surface area contributed by atoms with Crippen LogP contribution in [-0.2, 0) is 16.0 Å². The lowest BCUT2D eigenvalue weighted by Gasteiger charge is -2.19. The van der Waals surface area contributed by atoms with Crippen molar-refractivity contribution in [3.8, 4) is 0 Å². The normalized spacial score (nSPS) is 10.5. The van der Waals surface area contributed by atoms with Gasteiger partial charge in [-0.1, -0.05) is 72.8 Å². The largest absolute Gasteiger partial charge is 0.481 e. The van der Waals surface area contributed by atoms with Gasteiger partial charge >= 0.3 is 11.9 Å². The van der Waals surface area contributed by atoms with Crippen molar-refractivity contribution < 1.29 is 19.4 Å². The first-order valence-corrected chi connectivity index (χ1v) is 8.25. The molecule has 3 aromatic rings. The zero-order valence-corrected chi connectivity index (χ0v) is 14.0. The van der Waals surface area contributed by atoms with E-state index in [1.165, 1.54) is 0 Å². The number of carbonyl (C=O) groups excluding carboxylic acids is 1. The predicted molar refractivity (Wildman–Crippen MR) is 97.9 cm³/mol. The first-order valence-electron chi connectivity index (χ1n) is 8.25. The van der Waals surface area contributed by atoms with Crippen LogP contribution < -0.4 is 0 Å². The highest BCUT2D eigenvalue weighted by atomic mass is 16.5. The third-order valence-electron chi connectivity index (χ3n) is 3.95. The number of hydrogen-bond donors (Lipinski definition) is 1. The molecule has 3 rings (SSSR count). The molecule has 0 saturated carbocycles. The number of carboxylic acid groups (broad SMARTS) is 1. The topological polar surface area (TPSA) is 63.6 Å².